The van der Waals surface area contributed by atoms with Gasteiger partial charge in [-0.2, -0.15) is 0 Å². The first kappa shape index (κ1) is 12.9. The molecule has 3 nitrogen and oxygen atoms in total. The zero-order chi connectivity index (χ0) is 12.2. The van der Waals surface area contributed by atoms with E-state index < -0.39 is 0 Å². The van der Waals surface area contributed by atoms with E-state index >= 15 is 0 Å². The Bertz CT molecular complexity index is 302. The number of hydrogen-bond acceptors (Lipinski definition) is 3. The lowest BCUT2D eigenvalue weighted by Gasteiger charge is -2.23. The summed E-state index contributed by atoms with van der Waals surface area (Å²) in [5.41, 5.74) is -0.299. The number of ketones is 1. The maximum atomic E-state index is 11.9. The number of allylic oxidation sites excluding steroid dienone is 1. The van der Waals surface area contributed by atoms with E-state index in [-0.39, 0.29) is 23.1 Å². The van der Waals surface area contributed by atoms with Crippen molar-refractivity contribution in [3.05, 3.63) is 12.2 Å². The largest absolute Gasteiger partial charge is 0.461 e. The molecule has 0 aromatic rings. The Hall–Kier alpha value is -1.12. The smallest absolute Gasteiger partial charge is 0.306 e. The van der Waals surface area contributed by atoms with Gasteiger partial charge in [-0.25, -0.2) is 0 Å². The molecule has 0 unspecified atom stereocenters. The van der Waals surface area contributed by atoms with E-state index in [1.807, 2.05) is 26.8 Å². The van der Waals surface area contributed by atoms with Gasteiger partial charge < -0.3 is 4.74 Å². The summed E-state index contributed by atoms with van der Waals surface area (Å²) in [5, 5.41) is 0. The van der Waals surface area contributed by atoms with Crippen LogP contribution in [0.2, 0.25) is 0 Å². The molecule has 0 N–H and O–H groups in total. The van der Waals surface area contributed by atoms with Crippen LogP contribution in [-0.4, -0.2) is 18.4 Å². The zero-order valence-electron chi connectivity index (χ0n) is 10.3. The average Bonchev–Trinajstić information content (AvgIpc) is 2.15. The maximum Gasteiger partial charge on any atom is 0.306 e. The van der Waals surface area contributed by atoms with Crippen LogP contribution >= 0.6 is 0 Å². The highest BCUT2D eigenvalue weighted by molar-refractivity contribution is 5.82. The number of carbonyl (C=O) groups excluding carboxylic acids is 2. The molecule has 0 bridgehead atoms. The third kappa shape index (κ3) is 4.17. The number of cyclic esters (lactones) is 1. The van der Waals surface area contributed by atoms with Crippen molar-refractivity contribution in [3.63, 3.8) is 0 Å². The Morgan fingerprint density at radius 3 is 2.62 bits per heavy atom. The van der Waals surface area contributed by atoms with E-state index in [1.54, 1.807) is 6.08 Å². The number of esters is 1. The molecule has 1 aliphatic rings. The summed E-state index contributed by atoms with van der Waals surface area (Å²) >= 11 is 0. The van der Waals surface area contributed by atoms with Gasteiger partial charge in [0, 0.05) is 12.3 Å². The second-order valence-corrected chi connectivity index (χ2v) is 5.28. The fourth-order valence-corrected chi connectivity index (χ4v) is 1.79. The Labute approximate surface area is 96.9 Å². The van der Waals surface area contributed by atoms with Gasteiger partial charge in [0.2, 0.25) is 0 Å². The van der Waals surface area contributed by atoms with Crippen LogP contribution in [-0.2, 0) is 14.3 Å². The summed E-state index contributed by atoms with van der Waals surface area (Å²) in [4.78, 5) is 23.3. The lowest BCUT2D eigenvalue weighted by molar-refractivity contribution is -0.145. The van der Waals surface area contributed by atoms with Crippen molar-refractivity contribution in [3.8, 4) is 0 Å². The zero-order valence-corrected chi connectivity index (χ0v) is 10.3. The van der Waals surface area contributed by atoms with Crippen molar-refractivity contribution >= 4 is 11.8 Å². The van der Waals surface area contributed by atoms with Crippen LogP contribution in [0.1, 0.15) is 40.0 Å². The SMILES string of the molecule is C[C@H]1C/C=C\COC(=O)CC(C)(C)CC1=O. The molecule has 3 heteroatoms. The lowest BCUT2D eigenvalue weighted by atomic mass is 9.81. The van der Waals surface area contributed by atoms with Crippen molar-refractivity contribution in [2.75, 3.05) is 6.61 Å². The third-order valence-electron chi connectivity index (χ3n) is 2.82. The second-order valence-electron chi connectivity index (χ2n) is 5.28. The summed E-state index contributed by atoms with van der Waals surface area (Å²) in [6.07, 6.45) is 5.19. The Kier molecular flexibility index (Phi) is 4.27. The first-order chi connectivity index (χ1) is 7.41. The molecule has 0 aromatic heterocycles. The highest BCUT2D eigenvalue weighted by Gasteiger charge is 2.28. The van der Waals surface area contributed by atoms with E-state index in [0.29, 0.717) is 19.4 Å². The standard InChI is InChI=1S/C13H20O3/c1-10-6-4-5-7-16-12(15)9-13(2,3)8-11(10)14/h4-5,10H,6-9H2,1-3H3/b5-4-/t10-/m0/s1. The summed E-state index contributed by atoms with van der Waals surface area (Å²) < 4.78 is 5.04. The summed E-state index contributed by atoms with van der Waals surface area (Å²) in [5.74, 6) is 0.0325. The van der Waals surface area contributed by atoms with Gasteiger partial charge in [0.15, 0.2) is 0 Å². The molecule has 0 spiro atoms. The van der Waals surface area contributed by atoms with Crippen molar-refractivity contribution in [2.45, 2.75) is 40.0 Å². The molecule has 16 heavy (non-hydrogen) atoms. The average molecular weight is 224 g/mol. The number of rotatable bonds is 0. The molecular formula is C13H20O3. The summed E-state index contributed by atoms with van der Waals surface area (Å²) in [7, 11) is 0. The van der Waals surface area contributed by atoms with Crippen molar-refractivity contribution in [1.29, 1.82) is 0 Å². The van der Waals surface area contributed by atoms with Gasteiger partial charge in [0.1, 0.15) is 12.4 Å². The van der Waals surface area contributed by atoms with Crippen LogP contribution in [0.3, 0.4) is 0 Å². The minimum absolute atomic E-state index is 0.0312. The normalized spacial score (nSPS) is 29.1. The number of carbonyl (C=O) groups is 2. The Morgan fingerprint density at radius 2 is 1.94 bits per heavy atom. The van der Waals surface area contributed by atoms with Crippen molar-refractivity contribution in [1.82, 2.24) is 0 Å². The minimum atomic E-state index is -0.299. The predicted octanol–water partition coefficient (Wildman–Crippen LogP) is 2.50. The topological polar surface area (TPSA) is 43.4 Å². The van der Waals surface area contributed by atoms with Crippen LogP contribution in [0, 0.1) is 11.3 Å². The Balaban J connectivity index is 2.76. The highest BCUT2D eigenvalue weighted by Crippen LogP contribution is 2.28. The van der Waals surface area contributed by atoms with Crippen LogP contribution in [0.4, 0.5) is 0 Å². The molecule has 0 aromatic carbocycles. The summed E-state index contributed by atoms with van der Waals surface area (Å²) in [6.45, 7) is 6.12. The first-order valence-corrected chi connectivity index (χ1v) is 5.74. The van der Waals surface area contributed by atoms with E-state index in [0.717, 1.165) is 6.42 Å². The van der Waals surface area contributed by atoms with Gasteiger partial charge >= 0.3 is 5.97 Å². The van der Waals surface area contributed by atoms with Gasteiger partial charge in [0.05, 0.1) is 6.42 Å². The molecule has 0 aliphatic carbocycles. The predicted molar refractivity (Wildman–Crippen MR) is 61.9 cm³/mol. The van der Waals surface area contributed by atoms with Gasteiger partial charge in [-0.3, -0.25) is 9.59 Å². The molecule has 1 atom stereocenters. The van der Waals surface area contributed by atoms with Crippen LogP contribution in [0.25, 0.3) is 0 Å². The molecule has 90 valence electrons. The highest BCUT2D eigenvalue weighted by atomic mass is 16.5. The van der Waals surface area contributed by atoms with Crippen LogP contribution in [0.5, 0.6) is 0 Å². The quantitative estimate of drug-likeness (QED) is 0.469. The van der Waals surface area contributed by atoms with E-state index in [2.05, 4.69) is 0 Å². The van der Waals surface area contributed by atoms with Crippen LogP contribution in [0.15, 0.2) is 12.2 Å². The van der Waals surface area contributed by atoms with Gasteiger partial charge in [0.25, 0.3) is 0 Å². The molecule has 1 aliphatic heterocycles. The fraction of sp³-hybridized carbons (Fsp3) is 0.692. The molecule has 0 radical (unpaired) electrons. The van der Waals surface area contributed by atoms with Crippen molar-refractivity contribution in [2.24, 2.45) is 11.3 Å². The fourth-order valence-electron chi connectivity index (χ4n) is 1.79. The van der Waals surface area contributed by atoms with Gasteiger partial charge in [-0.05, 0) is 11.8 Å². The third-order valence-corrected chi connectivity index (χ3v) is 2.82. The molecule has 0 saturated heterocycles. The van der Waals surface area contributed by atoms with Gasteiger partial charge in [-0.15, -0.1) is 0 Å². The lowest BCUT2D eigenvalue weighted by Crippen LogP contribution is -2.24. The van der Waals surface area contributed by atoms with E-state index in [1.165, 1.54) is 0 Å². The summed E-state index contributed by atoms with van der Waals surface area (Å²) in [6, 6.07) is 0. The first-order valence-electron chi connectivity index (χ1n) is 5.74. The van der Waals surface area contributed by atoms with Gasteiger partial charge in [-0.1, -0.05) is 32.9 Å². The van der Waals surface area contributed by atoms with Crippen LogP contribution < -0.4 is 0 Å². The second kappa shape index (κ2) is 5.28. The van der Waals surface area contributed by atoms with Crippen molar-refractivity contribution < 1.29 is 14.3 Å². The molecule has 0 amide bonds. The molecular weight excluding hydrogens is 204 g/mol. The maximum absolute atomic E-state index is 11.9. The monoisotopic (exact) mass is 224 g/mol. The molecule has 0 fully saturated rings. The molecule has 1 heterocycles. The Morgan fingerprint density at radius 1 is 1.25 bits per heavy atom. The minimum Gasteiger partial charge on any atom is -0.461 e. The van der Waals surface area contributed by atoms with E-state index in [4.69, 9.17) is 4.74 Å². The molecule has 0 saturated carbocycles. The van der Waals surface area contributed by atoms with E-state index in [9.17, 15) is 9.59 Å². The molecule has 1 rings (SSSR count). The number of hydrogen-bond donors (Lipinski definition) is 0. The number of ether oxygens (including phenoxy) is 1. The number of Topliss-reactive ketones (excluding diaryl/α,β-unsaturated/α-hetero) is 1.